The number of benzene rings is 4. The third-order valence-electron chi connectivity index (χ3n) is 5.52. The van der Waals surface area contributed by atoms with Crippen molar-refractivity contribution in [3.63, 3.8) is 0 Å². The molecule has 0 spiro atoms. The van der Waals surface area contributed by atoms with Crippen molar-refractivity contribution < 1.29 is 42.8 Å². The van der Waals surface area contributed by atoms with Crippen LogP contribution in [0.3, 0.4) is 0 Å². The molecule has 5 rings (SSSR count). The smallest absolute Gasteiger partial charge is 0.358 e. The van der Waals surface area contributed by atoms with Gasteiger partial charge in [-0.05, 0) is 29.7 Å². The maximum Gasteiger partial charge on any atom is 0.418 e. The van der Waals surface area contributed by atoms with Crippen LogP contribution in [0.5, 0.6) is 0 Å². The van der Waals surface area contributed by atoms with Crippen LogP contribution < -0.4 is 0 Å². The molecule has 0 saturated carbocycles. The Hall–Kier alpha value is -3.45. The molecule has 0 N–H and O–H groups in total. The van der Waals surface area contributed by atoms with Crippen molar-refractivity contribution in [3.05, 3.63) is 115 Å². The molecular formula is C27H17F6N2Ni-. The van der Waals surface area contributed by atoms with Crippen LogP contribution in [0.4, 0.5) is 37.7 Å². The Labute approximate surface area is 213 Å². The molecule has 0 heterocycles. The van der Waals surface area contributed by atoms with Gasteiger partial charge in [0.2, 0.25) is 0 Å². The summed E-state index contributed by atoms with van der Waals surface area (Å²) in [5, 5.41) is 1.46. The van der Waals surface area contributed by atoms with Gasteiger partial charge < -0.3 is 7.43 Å². The van der Waals surface area contributed by atoms with Gasteiger partial charge in [-0.3, -0.25) is 0 Å². The van der Waals surface area contributed by atoms with Gasteiger partial charge in [0.15, 0.2) is 0 Å². The van der Waals surface area contributed by atoms with E-state index in [1.54, 1.807) is 24.3 Å². The molecule has 0 radical (unpaired) electrons. The molecule has 4 aromatic carbocycles. The standard InChI is InChI=1S/C26H14F6N2.CH3.Ni/c27-25(28,29)18-11-1-3-13-20(18)33-23-16-9-5-7-15-8-6-10-17(22(15)16)24(23)34-21-14-4-2-12-19(21)26(30,31)32;;/h1-14H;1H3;/q;-1;. The van der Waals surface area contributed by atoms with E-state index in [9.17, 15) is 26.3 Å². The Balaban J connectivity index is 0.00000180. The van der Waals surface area contributed by atoms with Gasteiger partial charge in [-0.25, -0.2) is 9.98 Å². The monoisotopic (exact) mass is 541 g/mol. The van der Waals surface area contributed by atoms with Crippen LogP contribution in [0.15, 0.2) is 94.9 Å². The maximum absolute atomic E-state index is 13.6. The topological polar surface area (TPSA) is 24.7 Å². The molecule has 0 fully saturated rings. The van der Waals surface area contributed by atoms with Crippen LogP contribution >= 0.6 is 0 Å². The fraction of sp³-hybridized carbons (Fsp3) is 0.0741. The van der Waals surface area contributed by atoms with Crippen LogP contribution in [0, 0.1) is 7.43 Å². The number of alkyl halides is 6. The predicted octanol–water partition coefficient (Wildman–Crippen LogP) is 8.58. The van der Waals surface area contributed by atoms with Crippen LogP contribution in [-0.4, -0.2) is 11.4 Å². The fourth-order valence-electron chi connectivity index (χ4n) is 4.08. The van der Waals surface area contributed by atoms with Gasteiger partial charge in [-0.2, -0.15) is 26.3 Å². The molecule has 0 saturated heterocycles. The van der Waals surface area contributed by atoms with Gasteiger partial charge >= 0.3 is 12.4 Å². The van der Waals surface area contributed by atoms with Crippen LogP contribution in [0.2, 0.25) is 0 Å². The average molecular weight is 542 g/mol. The fourth-order valence-corrected chi connectivity index (χ4v) is 4.08. The molecule has 0 aromatic heterocycles. The zero-order chi connectivity index (χ0) is 24.1. The van der Waals surface area contributed by atoms with Crippen LogP contribution in [0.1, 0.15) is 22.3 Å². The van der Waals surface area contributed by atoms with Crippen molar-refractivity contribution in [2.45, 2.75) is 12.4 Å². The van der Waals surface area contributed by atoms with E-state index in [0.717, 1.165) is 17.5 Å². The van der Waals surface area contributed by atoms with Crippen molar-refractivity contribution in [1.82, 2.24) is 0 Å². The van der Waals surface area contributed by atoms with E-state index in [0.29, 0.717) is 16.5 Å². The predicted molar refractivity (Wildman–Crippen MR) is 126 cm³/mol. The summed E-state index contributed by atoms with van der Waals surface area (Å²) in [6.45, 7) is 0. The number of aliphatic imine (C=N–C) groups is 2. The van der Waals surface area contributed by atoms with E-state index < -0.39 is 23.5 Å². The quantitative estimate of drug-likeness (QED) is 0.138. The van der Waals surface area contributed by atoms with Crippen LogP contribution in [-0.2, 0) is 28.8 Å². The minimum atomic E-state index is -4.65. The second-order valence-corrected chi connectivity index (χ2v) is 7.66. The Morgan fingerprint density at radius 2 is 0.889 bits per heavy atom. The molecule has 0 unspecified atom stereocenters. The molecular weight excluding hydrogens is 525 g/mol. The summed E-state index contributed by atoms with van der Waals surface area (Å²) < 4.78 is 81.7. The second kappa shape index (κ2) is 9.90. The average Bonchev–Trinajstić information content (AvgIpc) is 3.08. The molecule has 0 atom stereocenters. The van der Waals surface area contributed by atoms with Gasteiger partial charge in [-0.1, -0.05) is 60.7 Å². The minimum Gasteiger partial charge on any atom is -0.358 e. The van der Waals surface area contributed by atoms with Crippen molar-refractivity contribution in [3.8, 4) is 0 Å². The third-order valence-corrected chi connectivity index (χ3v) is 5.52. The number of para-hydroxylation sites is 2. The normalized spacial score (nSPS) is 15.2. The van der Waals surface area contributed by atoms with E-state index in [1.165, 1.54) is 36.4 Å². The first kappa shape index (κ1) is 27.1. The largest absolute Gasteiger partial charge is 0.418 e. The molecule has 1 aliphatic carbocycles. The summed E-state index contributed by atoms with van der Waals surface area (Å²) in [6, 6.07) is 20.1. The molecule has 9 heteroatoms. The van der Waals surface area contributed by atoms with Crippen molar-refractivity contribution in [2.24, 2.45) is 9.98 Å². The molecule has 188 valence electrons. The molecule has 4 aromatic rings. The summed E-state index contributed by atoms with van der Waals surface area (Å²) in [5.41, 5.74) is -1.39. The van der Waals surface area contributed by atoms with E-state index >= 15 is 0 Å². The summed E-state index contributed by atoms with van der Waals surface area (Å²) in [6.07, 6.45) is -9.31. The second-order valence-electron chi connectivity index (χ2n) is 7.66. The Morgan fingerprint density at radius 1 is 0.500 bits per heavy atom. The summed E-state index contributed by atoms with van der Waals surface area (Å²) in [4.78, 5) is 8.64. The first-order chi connectivity index (χ1) is 16.1. The number of hydrogen-bond donors (Lipinski definition) is 0. The van der Waals surface area contributed by atoms with E-state index in [-0.39, 0.29) is 46.7 Å². The first-order valence-corrected chi connectivity index (χ1v) is 10.2. The van der Waals surface area contributed by atoms with Gasteiger partial charge in [0.1, 0.15) is 0 Å². The Bertz CT molecular complexity index is 1380. The zero-order valence-corrected chi connectivity index (χ0v) is 19.5. The van der Waals surface area contributed by atoms with E-state index in [4.69, 9.17) is 0 Å². The Kier molecular flexibility index (Phi) is 7.46. The van der Waals surface area contributed by atoms with Gasteiger partial charge in [-0.15, -0.1) is 0 Å². The molecule has 0 amide bonds. The molecule has 0 bridgehead atoms. The number of rotatable bonds is 2. The van der Waals surface area contributed by atoms with Crippen LogP contribution in [0.25, 0.3) is 10.8 Å². The van der Waals surface area contributed by atoms with Gasteiger partial charge in [0.05, 0.1) is 33.9 Å². The summed E-state index contributed by atoms with van der Waals surface area (Å²) >= 11 is 0. The first-order valence-electron chi connectivity index (χ1n) is 10.2. The zero-order valence-electron chi connectivity index (χ0n) is 18.6. The third kappa shape index (κ3) is 4.80. The molecule has 0 aliphatic heterocycles. The van der Waals surface area contributed by atoms with Crippen molar-refractivity contribution in [1.29, 1.82) is 0 Å². The summed E-state index contributed by atoms with van der Waals surface area (Å²) in [7, 11) is 0. The molecule has 1 aliphatic rings. The number of halogens is 6. The SMILES string of the molecule is FC(F)(F)c1ccccc1N=C1C(=Nc2ccccc2C(F)(F)F)c2cccc3cccc1c23.[CH3-].[Ni]. The van der Waals surface area contributed by atoms with Crippen molar-refractivity contribution >= 4 is 33.6 Å². The molecule has 36 heavy (non-hydrogen) atoms. The minimum absolute atomic E-state index is 0. The summed E-state index contributed by atoms with van der Waals surface area (Å²) in [5.74, 6) is 0. The van der Waals surface area contributed by atoms with E-state index in [1.807, 2.05) is 12.1 Å². The molecule has 2 nitrogen and oxygen atoms in total. The maximum atomic E-state index is 13.6. The van der Waals surface area contributed by atoms with Gasteiger partial charge in [0, 0.05) is 33.0 Å². The number of hydrogen-bond acceptors (Lipinski definition) is 2. The van der Waals surface area contributed by atoms with Gasteiger partial charge in [0.25, 0.3) is 0 Å². The van der Waals surface area contributed by atoms with E-state index in [2.05, 4.69) is 9.98 Å². The Morgan fingerprint density at radius 3 is 1.28 bits per heavy atom. The van der Waals surface area contributed by atoms with Crippen molar-refractivity contribution in [2.75, 3.05) is 0 Å². The number of nitrogens with zero attached hydrogens (tertiary/aromatic N) is 2.